The summed E-state index contributed by atoms with van der Waals surface area (Å²) >= 11 is 0. The van der Waals surface area contributed by atoms with Gasteiger partial charge in [0.25, 0.3) is 0 Å². The van der Waals surface area contributed by atoms with Crippen LogP contribution in [-0.4, -0.2) is 23.7 Å². The average molecular weight is 155 g/mol. The lowest BCUT2D eigenvalue weighted by Gasteiger charge is -2.01. The van der Waals surface area contributed by atoms with Crippen molar-refractivity contribution in [2.45, 2.75) is 19.4 Å². The molecule has 1 heterocycles. The van der Waals surface area contributed by atoms with E-state index in [2.05, 4.69) is 5.32 Å². The maximum absolute atomic E-state index is 11.1. The second-order valence-corrected chi connectivity index (χ2v) is 2.76. The van der Waals surface area contributed by atoms with Crippen molar-refractivity contribution in [3.63, 3.8) is 0 Å². The Bertz CT molecular complexity index is 177. The summed E-state index contributed by atoms with van der Waals surface area (Å²) in [4.78, 5) is 11.1. The van der Waals surface area contributed by atoms with Crippen LogP contribution in [0.25, 0.3) is 0 Å². The molecule has 0 spiro atoms. The predicted molar refractivity (Wildman–Crippen MR) is 41.9 cm³/mol. The van der Waals surface area contributed by atoms with Crippen molar-refractivity contribution in [2.24, 2.45) is 5.92 Å². The van der Waals surface area contributed by atoms with Crippen LogP contribution in [0.4, 0.5) is 0 Å². The lowest BCUT2D eigenvalue weighted by molar-refractivity contribution is -0.121. The molecule has 0 aromatic rings. The molecule has 1 saturated heterocycles. The highest BCUT2D eigenvalue weighted by Gasteiger charge is 2.28. The Morgan fingerprint density at radius 1 is 1.82 bits per heavy atom. The van der Waals surface area contributed by atoms with E-state index in [-0.39, 0.29) is 24.5 Å². The second-order valence-electron chi connectivity index (χ2n) is 2.76. The quantitative estimate of drug-likeness (QED) is 0.554. The molecule has 0 aromatic heterocycles. The average Bonchev–Trinajstić information content (AvgIpc) is 2.33. The fourth-order valence-electron chi connectivity index (χ4n) is 1.30. The number of aliphatic hydroxyl groups is 1. The van der Waals surface area contributed by atoms with Gasteiger partial charge in [-0.25, -0.2) is 0 Å². The highest BCUT2D eigenvalue weighted by atomic mass is 16.3. The topological polar surface area (TPSA) is 49.3 Å². The molecule has 3 heteroatoms. The fraction of sp³-hybridized carbons (Fsp3) is 0.625. The summed E-state index contributed by atoms with van der Waals surface area (Å²) in [6.45, 7) is 1.93. The van der Waals surface area contributed by atoms with Crippen LogP contribution in [0.2, 0.25) is 0 Å². The summed E-state index contributed by atoms with van der Waals surface area (Å²) in [5.41, 5.74) is 0. The molecule has 2 N–H and O–H groups in total. The first kappa shape index (κ1) is 8.27. The maximum Gasteiger partial charge on any atom is 0.227 e. The predicted octanol–water partition coefficient (Wildman–Crippen LogP) is 0.0595. The molecule has 1 fully saturated rings. The molecule has 0 bridgehead atoms. The molecule has 62 valence electrons. The molecular formula is C8H13NO2. The molecule has 1 aliphatic rings. The first-order chi connectivity index (χ1) is 5.27. The van der Waals surface area contributed by atoms with Gasteiger partial charge in [0.15, 0.2) is 0 Å². The zero-order valence-electron chi connectivity index (χ0n) is 6.58. The van der Waals surface area contributed by atoms with Gasteiger partial charge in [0.05, 0.1) is 18.6 Å². The number of rotatable bonds is 2. The number of hydrogen-bond acceptors (Lipinski definition) is 2. The Kier molecular flexibility index (Phi) is 2.65. The van der Waals surface area contributed by atoms with Gasteiger partial charge in [-0.3, -0.25) is 4.79 Å². The Morgan fingerprint density at radius 2 is 2.55 bits per heavy atom. The highest BCUT2D eigenvalue weighted by Crippen LogP contribution is 2.15. The van der Waals surface area contributed by atoms with Gasteiger partial charge >= 0.3 is 0 Å². The highest BCUT2D eigenvalue weighted by molar-refractivity contribution is 5.82. The van der Waals surface area contributed by atoms with Crippen molar-refractivity contribution in [3.8, 4) is 0 Å². The lowest BCUT2D eigenvalue weighted by Crippen LogP contribution is -2.28. The van der Waals surface area contributed by atoms with Gasteiger partial charge in [-0.1, -0.05) is 12.2 Å². The molecule has 0 aliphatic carbocycles. The smallest absolute Gasteiger partial charge is 0.227 e. The summed E-state index contributed by atoms with van der Waals surface area (Å²) in [5, 5.41) is 11.4. The van der Waals surface area contributed by atoms with E-state index in [1.54, 1.807) is 0 Å². The third kappa shape index (κ3) is 1.80. The molecule has 0 aromatic carbocycles. The zero-order chi connectivity index (χ0) is 8.27. The van der Waals surface area contributed by atoms with E-state index in [4.69, 9.17) is 5.11 Å². The van der Waals surface area contributed by atoms with E-state index >= 15 is 0 Å². The van der Waals surface area contributed by atoms with Crippen LogP contribution >= 0.6 is 0 Å². The third-order valence-electron chi connectivity index (χ3n) is 1.87. The molecule has 11 heavy (non-hydrogen) atoms. The van der Waals surface area contributed by atoms with Crippen molar-refractivity contribution >= 4 is 5.91 Å². The number of amides is 1. The van der Waals surface area contributed by atoms with Crippen LogP contribution < -0.4 is 5.32 Å². The fourth-order valence-corrected chi connectivity index (χ4v) is 1.30. The first-order valence-electron chi connectivity index (χ1n) is 3.82. The number of carbonyl (C=O) groups excluding carboxylic acids is 1. The van der Waals surface area contributed by atoms with Crippen molar-refractivity contribution in [1.82, 2.24) is 5.32 Å². The molecule has 1 aliphatic heterocycles. The van der Waals surface area contributed by atoms with Gasteiger partial charge in [-0.2, -0.15) is 0 Å². The summed E-state index contributed by atoms with van der Waals surface area (Å²) in [5.74, 6) is -0.000648. The number of allylic oxidation sites excluding steroid dienone is 1. The van der Waals surface area contributed by atoms with Gasteiger partial charge in [-0.15, -0.1) is 0 Å². The van der Waals surface area contributed by atoms with Crippen molar-refractivity contribution in [3.05, 3.63) is 12.2 Å². The van der Waals surface area contributed by atoms with Gasteiger partial charge in [0.2, 0.25) is 5.91 Å². The van der Waals surface area contributed by atoms with E-state index < -0.39 is 0 Å². The van der Waals surface area contributed by atoms with Crippen molar-refractivity contribution < 1.29 is 9.90 Å². The number of hydrogen-bond donors (Lipinski definition) is 2. The summed E-state index contributed by atoms with van der Waals surface area (Å²) < 4.78 is 0. The molecule has 3 nitrogen and oxygen atoms in total. The van der Waals surface area contributed by atoms with E-state index in [9.17, 15) is 4.79 Å². The minimum absolute atomic E-state index is 0.0298. The second kappa shape index (κ2) is 3.53. The Labute approximate surface area is 66.1 Å². The van der Waals surface area contributed by atoms with Crippen LogP contribution in [0.15, 0.2) is 12.2 Å². The van der Waals surface area contributed by atoms with E-state index in [0.717, 1.165) is 6.42 Å². The number of nitrogens with one attached hydrogen (secondary N) is 1. The molecule has 2 atom stereocenters. The molecule has 2 unspecified atom stereocenters. The summed E-state index contributed by atoms with van der Waals surface area (Å²) in [6, 6.07) is -0.0382. The summed E-state index contributed by atoms with van der Waals surface area (Å²) in [6.07, 6.45) is 4.45. The molecule has 0 radical (unpaired) electrons. The molecule has 0 saturated carbocycles. The van der Waals surface area contributed by atoms with Gasteiger partial charge in [0.1, 0.15) is 0 Å². The summed E-state index contributed by atoms with van der Waals surface area (Å²) in [7, 11) is 0. The van der Waals surface area contributed by atoms with E-state index in [1.165, 1.54) is 0 Å². The molecule has 1 rings (SSSR count). The number of aliphatic hydroxyl groups excluding tert-OH is 1. The molecular weight excluding hydrogens is 142 g/mol. The largest absolute Gasteiger partial charge is 0.394 e. The maximum atomic E-state index is 11.1. The Morgan fingerprint density at radius 3 is 3.00 bits per heavy atom. The van der Waals surface area contributed by atoms with Gasteiger partial charge in [0, 0.05) is 0 Å². The van der Waals surface area contributed by atoms with Crippen LogP contribution in [0.1, 0.15) is 13.3 Å². The van der Waals surface area contributed by atoms with Crippen molar-refractivity contribution in [2.75, 3.05) is 6.61 Å². The normalized spacial score (nSPS) is 31.3. The van der Waals surface area contributed by atoms with E-state index in [1.807, 2.05) is 19.1 Å². The zero-order valence-corrected chi connectivity index (χ0v) is 6.58. The Hall–Kier alpha value is -0.830. The van der Waals surface area contributed by atoms with Crippen LogP contribution in [0.5, 0.6) is 0 Å². The minimum Gasteiger partial charge on any atom is -0.394 e. The van der Waals surface area contributed by atoms with Gasteiger partial charge < -0.3 is 10.4 Å². The SMILES string of the molecule is C/C=C/C1CC(CO)NC1=O. The van der Waals surface area contributed by atoms with Crippen molar-refractivity contribution in [1.29, 1.82) is 0 Å². The molecule has 1 amide bonds. The van der Waals surface area contributed by atoms with Gasteiger partial charge in [-0.05, 0) is 13.3 Å². The van der Waals surface area contributed by atoms with Crippen LogP contribution in [0.3, 0.4) is 0 Å². The standard InChI is InChI=1S/C8H13NO2/c1-2-3-6-4-7(5-10)9-8(6)11/h2-3,6-7,10H,4-5H2,1H3,(H,9,11)/b3-2+. The monoisotopic (exact) mass is 155 g/mol. The van der Waals surface area contributed by atoms with Crippen LogP contribution in [0, 0.1) is 5.92 Å². The number of carbonyl (C=O) groups is 1. The Balaban J connectivity index is 2.51. The van der Waals surface area contributed by atoms with Crippen LogP contribution in [-0.2, 0) is 4.79 Å². The first-order valence-corrected chi connectivity index (χ1v) is 3.82. The van der Waals surface area contributed by atoms with E-state index in [0.29, 0.717) is 0 Å². The lowest BCUT2D eigenvalue weighted by atomic mass is 10.1. The minimum atomic E-state index is -0.0382. The third-order valence-corrected chi connectivity index (χ3v) is 1.87.